The van der Waals surface area contributed by atoms with E-state index >= 15 is 0 Å². The van der Waals surface area contributed by atoms with Gasteiger partial charge in [-0.2, -0.15) is 0 Å². The normalized spacial score (nSPS) is 25.7. The summed E-state index contributed by atoms with van der Waals surface area (Å²) in [5, 5.41) is 12.6. The van der Waals surface area contributed by atoms with Gasteiger partial charge in [-0.1, -0.05) is 39.3 Å². The number of hydrogen-bond acceptors (Lipinski definition) is 6. The number of benzene rings is 1. The number of carbonyl (C=O) groups is 1. The lowest BCUT2D eigenvalue weighted by Crippen LogP contribution is -2.50. The molecule has 166 valence electrons. The number of hydrogen-bond donors (Lipinski definition) is 4. The summed E-state index contributed by atoms with van der Waals surface area (Å²) in [7, 11) is 0. The number of hydrazine groups is 1. The Balaban J connectivity index is 1.41. The molecule has 4 rings (SSSR count). The predicted molar refractivity (Wildman–Crippen MR) is 131 cm³/mol. The number of anilines is 1. The number of halogens is 1. The van der Waals surface area contributed by atoms with Gasteiger partial charge in [-0.15, -0.1) is 0 Å². The van der Waals surface area contributed by atoms with Gasteiger partial charge in [0, 0.05) is 22.7 Å². The van der Waals surface area contributed by atoms with Crippen LogP contribution < -0.4 is 21.1 Å². The maximum Gasteiger partial charge on any atom is 0.230 e. The zero-order valence-electron chi connectivity index (χ0n) is 17.7. The molecule has 1 fully saturated rings. The summed E-state index contributed by atoms with van der Waals surface area (Å²) < 4.78 is 0.980. The average molecular weight is 505 g/mol. The molecule has 4 N–H and O–H groups in total. The Morgan fingerprint density at radius 3 is 2.87 bits per heavy atom. The number of amidine groups is 2. The number of thioether (sulfide) groups is 1. The fourth-order valence-electron chi connectivity index (χ4n) is 4.21. The number of nitrogens with one attached hydrogen (secondary N) is 4. The van der Waals surface area contributed by atoms with E-state index in [0.717, 1.165) is 23.0 Å². The van der Waals surface area contributed by atoms with Gasteiger partial charge < -0.3 is 5.32 Å². The zero-order chi connectivity index (χ0) is 21.8. The van der Waals surface area contributed by atoms with Gasteiger partial charge in [0.25, 0.3) is 0 Å². The standard InChI is InChI=1S/C22H29BrN6OS/c1-14-19-20(24)29(17-9-7-16(23)8-10-17)22(26-21(19)28-27-14)31-13-18(30)25-12-11-15-5-3-2-4-6-15/h5,7-10,14,19,21,24,27-28H,2-4,6,11-13H2,1H3,(H,25,30). The van der Waals surface area contributed by atoms with E-state index in [2.05, 4.69) is 45.1 Å². The molecule has 31 heavy (non-hydrogen) atoms. The Bertz CT molecular complexity index is 886. The van der Waals surface area contributed by atoms with Crippen LogP contribution in [0.15, 0.2) is 45.4 Å². The molecule has 0 aromatic heterocycles. The van der Waals surface area contributed by atoms with Crippen LogP contribution in [0.1, 0.15) is 39.0 Å². The number of rotatable bonds is 6. The van der Waals surface area contributed by atoms with Crippen molar-refractivity contribution in [3.8, 4) is 0 Å². The number of amides is 1. The average Bonchev–Trinajstić information content (AvgIpc) is 3.15. The van der Waals surface area contributed by atoms with E-state index in [1.807, 2.05) is 29.2 Å². The van der Waals surface area contributed by atoms with Crippen LogP contribution >= 0.6 is 27.7 Å². The van der Waals surface area contributed by atoms with Gasteiger partial charge in [0.2, 0.25) is 5.91 Å². The minimum Gasteiger partial charge on any atom is -0.355 e. The van der Waals surface area contributed by atoms with E-state index in [9.17, 15) is 4.79 Å². The zero-order valence-corrected chi connectivity index (χ0v) is 20.1. The Kier molecular flexibility index (Phi) is 7.47. The number of aliphatic imine (C=N–C) groups is 1. The van der Waals surface area contributed by atoms with Gasteiger partial charge in [-0.25, -0.2) is 10.4 Å². The molecule has 1 saturated heterocycles. The molecule has 0 spiro atoms. The van der Waals surface area contributed by atoms with E-state index in [-0.39, 0.29) is 29.8 Å². The predicted octanol–water partition coefficient (Wildman–Crippen LogP) is 3.78. The van der Waals surface area contributed by atoms with E-state index in [4.69, 9.17) is 10.4 Å². The fourth-order valence-corrected chi connectivity index (χ4v) is 5.36. The van der Waals surface area contributed by atoms with E-state index in [1.165, 1.54) is 36.6 Å². The molecule has 1 aromatic rings. The lowest BCUT2D eigenvalue weighted by molar-refractivity contribution is -0.118. The first kappa shape index (κ1) is 22.5. The molecule has 1 aliphatic carbocycles. The highest BCUT2D eigenvalue weighted by molar-refractivity contribution is 9.10. The van der Waals surface area contributed by atoms with Crippen molar-refractivity contribution in [3.63, 3.8) is 0 Å². The van der Waals surface area contributed by atoms with Gasteiger partial charge in [0.1, 0.15) is 12.0 Å². The SMILES string of the molecule is CC1NNC2N=C(SCC(=O)NCCC3=CCCCC3)N(c3ccc(Br)cc3)C(=N)C12. The smallest absolute Gasteiger partial charge is 0.230 e. The van der Waals surface area contributed by atoms with Crippen LogP contribution in [0.3, 0.4) is 0 Å². The van der Waals surface area contributed by atoms with Crippen molar-refractivity contribution < 1.29 is 4.79 Å². The van der Waals surface area contributed by atoms with Crippen LogP contribution in [0.2, 0.25) is 0 Å². The first-order valence-corrected chi connectivity index (χ1v) is 12.6. The van der Waals surface area contributed by atoms with E-state index in [1.54, 1.807) is 0 Å². The number of allylic oxidation sites excluding steroid dienone is 1. The maximum absolute atomic E-state index is 12.5. The molecule has 7 nitrogen and oxygen atoms in total. The molecule has 0 saturated carbocycles. The molecule has 1 aromatic carbocycles. The summed E-state index contributed by atoms with van der Waals surface area (Å²) in [6.45, 7) is 2.73. The van der Waals surface area contributed by atoms with Crippen molar-refractivity contribution >= 4 is 50.3 Å². The van der Waals surface area contributed by atoms with Crippen molar-refractivity contribution in [2.45, 2.75) is 51.2 Å². The van der Waals surface area contributed by atoms with Crippen molar-refractivity contribution in [2.75, 3.05) is 17.2 Å². The van der Waals surface area contributed by atoms with Crippen LogP contribution in [-0.4, -0.2) is 41.4 Å². The van der Waals surface area contributed by atoms with Crippen molar-refractivity contribution in [1.82, 2.24) is 16.2 Å². The second kappa shape index (κ2) is 10.3. The Morgan fingerprint density at radius 2 is 2.13 bits per heavy atom. The van der Waals surface area contributed by atoms with Crippen LogP contribution in [0, 0.1) is 11.3 Å². The van der Waals surface area contributed by atoms with Crippen molar-refractivity contribution in [2.24, 2.45) is 10.9 Å². The maximum atomic E-state index is 12.5. The van der Waals surface area contributed by atoms with Crippen LogP contribution in [0.4, 0.5) is 5.69 Å². The summed E-state index contributed by atoms with van der Waals surface area (Å²) in [5.74, 6) is 0.697. The van der Waals surface area contributed by atoms with Crippen LogP contribution in [-0.2, 0) is 4.79 Å². The molecule has 2 aliphatic heterocycles. The van der Waals surface area contributed by atoms with Crippen LogP contribution in [0.25, 0.3) is 0 Å². The third kappa shape index (κ3) is 5.39. The molecule has 1 amide bonds. The van der Waals surface area contributed by atoms with E-state index in [0.29, 0.717) is 17.5 Å². The number of fused-ring (bicyclic) bond motifs is 1. The monoisotopic (exact) mass is 504 g/mol. The quantitative estimate of drug-likeness (QED) is 0.442. The molecular weight excluding hydrogens is 476 g/mol. The highest BCUT2D eigenvalue weighted by atomic mass is 79.9. The number of nitrogens with zero attached hydrogens (tertiary/aromatic N) is 2. The number of carbonyl (C=O) groups excluding carboxylic acids is 1. The first-order chi connectivity index (χ1) is 15.0. The summed E-state index contributed by atoms with van der Waals surface area (Å²) in [4.78, 5) is 19.2. The molecule has 0 bridgehead atoms. The van der Waals surface area contributed by atoms with Gasteiger partial charge >= 0.3 is 0 Å². The van der Waals surface area contributed by atoms with Gasteiger partial charge in [-0.3, -0.25) is 20.5 Å². The minimum atomic E-state index is -0.196. The summed E-state index contributed by atoms with van der Waals surface area (Å²) in [6, 6.07) is 7.94. The van der Waals surface area contributed by atoms with Gasteiger partial charge in [0.05, 0.1) is 11.7 Å². The molecule has 3 atom stereocenters. The molecule has 3 aliphatic rings. The van der Waals surface area contributed by atoms with E-state index < -0.39 is 0 Å². The van der Waals surface area contributed by atoms with Gasteiger partial charge in [-0.05, 0) is 63.3 Å². The Hall–Kier alpha value is -1.68. The Labute approximate surface area is 196 Å². The summed E-state index contributed by atoms with van der Waals surface area (Å²) >= 11 is 4.85. The topological polar surface area (TPSA) is 92.6 Å². The van der Waals surface area contributed by atoms with Crippen molar-refractivity contribution in [1.29, 1.82) is 5.41 Å². The molecule has 3 unspecified atom stereocenters. The molecule has 9 heteroatoms. The minimum absolute atomic E-state index is 0.000561. The van der Waals surface area contributed by atoms with Crippen molar-refractivity contribution in [3.05, 3.63) is 40.4 Å². The lowest BCUT2D eigenvalue weighted by atomic mass is 9.97. The second-order valence-corrected chi connectivity index (χ2v) is 10.0. The third-order valence-corrected chi connectivity index (χ3v) is 7.39. The highest BCUT2D eigenvalue weighted by Crippen LogP contribution is 2.32. The highest BCUT2D eigenvalue weighted by Gasteiger charge is 2.43. The molecule has 2 heterocycles. The lowest BCUT2D eigenvalue weighted by Gasteiger charge is -2.35. The third-order valence-electron chi connectivity index (χ3n) is 5.91. The largest absolute Gasteiger partial charge is 0.355 e. The second-order valence-electron chi connectivity index (χ2n) is 8.15. The summed E-state index contributed by atoms with van der Waals surface area (Å²) in [6.07, 6.45) is 7.93. The van der Waals surface area contributed by atoms with Crippen LogP contribution in [0.5, 0.6) is 0 Å². The fraction of sp³-hybridized carbons (Fsp3) is 0.500. The molecular formula is C22H29BrN6OS. The molecule has 0 radical (unpaired) electrons. The first-order valence-electron chi connectivity index (χ1n) is 10.8. The van der Waals surface area contributed by atoms with Gasteiger partial charge in [0.15, 0.2) is 5.17 Å². The summed E-state index contributed by atoms with van der Waals surface area (Å²) in [5.41, 5.74) is 8.71. The Morgan fingerprint density at radius 1 is 1.32 bits per heavy atom.